The fraction of sp³-hybridized carbons (Fsp3) is 0.154. The third-order valence-corrected chi connectivity index (χ3v) is 5.35. The van der Waals surface area contributed by atoms with Gasteiger partial charge in [-0.2, -0.15) is 0 Å². The highest BCUT2D eigenvalue weighted by molar-refractivity contribution is 7.89. The zero-order valence-electron chi connectivity index (χ0n) is 11.0. The van der Waals surface area contributed by atoms with Gasteiger partial charge in [-0.1, -0.05) is 23.2 Å². The van der Waals surface area contributed by atoms with Gasteiger partial charge in [-0.15, -0.1) is 0 Å². The van der Waals surface area contributed by atoms with Crippen molar-refractivity contribution in [2.75, 3.05) is 5.73 Å². The first-order chi connectivity index (χ1) is 9.83. The molecule has 3 N–H and O–H groups in total. The van der Waals surface area contributed by atoms with Crippen LogP contribution in [0.3, 0.4) is 0 Å². The molecule has 0 radical (unpaired) electrons. The van der Waals surface area contributed by atoms with Crippen molar-refractivity contribution < 1.29 is 8.42 Å². The molecule has 1 atom stereocenters. The van der Waals surface area contributed by atoms with Gasteiger partial charge in [0.1, 0.15) is 4.90 Å². The van der Waals surface area contributed by atoms with Gasteiger partial charge in [-0.05, 0) is 36.8 Å². The number of nitrogens with one attached hydrogen (secondary N) is 1. The minimum Gasteiger partial charge on any atom is -0.396 e. The summed E-state index contributed by atoms with van der Waals surface area (Å²) < 4.78 is 27.3. The van der Waals surface area contributed by atoms with Gasteiger partial charge in [-0.3, -0.25) is 4.98 Å². The van der Waals surface area contributed by atoms with Crippen molar-refractivity contribution in [3.05, 3.63) is 52.3 Å². The standard InChI is InChI=1S/C13H13Cl2N3O2S/c1-8(9-4-6-17-7-5-9)18-21(19,20)11-3-2-10(14)13(16)12(11)15/h2-8,18H,16H2,1H3. The van der Waals surface area contributed by atoms with E-state index >= 15 is 0 Å². The molecule has 0 bridgehead atoms. The molecule has 1 heterocycles. The van der Waals surface area contributed by atoms with Gasteiger partial charge in [0.15, 0.2) is 0 Å². The van der Waals surface area contributed by atoms with E-state index in [1.165, 1.54) is 12.1 Å². The van der Waals surface area contributed by atoms with Crippen LogP contribution in [0.4, 0.5) is 5.69 Å². The SMILES string of the molecule is CC(NS(=O)(=O)c1ccc(Cl)c(N)c1Cl)c1ccncc1. The number of aromatic nitrogens is 1. The number of rotatable bonds is 4. The minimum atomic E-state index is -3.82. The van der Waals surface area contributed by atoms with Crippen LogP contribution in [0.2, 0.25) is 10.0 Å². The third-order valence-electron chi connectivity index (χ3n) is 2.92. The van der Waals surface area contributed by atoms with Crippen LogP contribution in [-0.2, 0) is 10.0 Å². The largest absolute Gasteiger partial charge is 0.396 e. The highest BCUT2D eigenvalue weighted by Gasteiger charge is 2.23. The van der Waals surface area contributed by atoms with Crippen LogP contribution in [0, 0.1) is 0 Å². The third kappa shape index (κ3) is 3.47. The smallest absolute Gasteiger partial charge is 0.242 e. The summed E-state index contributed by atoms with van der Waals surface area (Å²) in [5, 5.41) is 0.123. The van der Waals surface area contributed by atoms with Crippen LogP contribution in [-0.4, -0.2) is 13.4 Å². The van der Waals surface area contributed by atoms with E-state index in [0.717, 1.165) is 5.56 Å². The van der Waals surface area contributed by atoms with Crippen molar-refractivity contribution in [3.63, 3.8) is 0 Å². The van der Waals surface area contributed by atoms with E-state index in [1.807, 2.05) is 0 Å². The molecule has 1 aromatic heterocycles. The van der Waals surface area contributed by atoms with Gasteiger partial charge in [-0.25, -0.2) is 13.1 Å². The Bertz CT molecular complexity index is 752. The van der Waals surface area contributed by atoms with E-state index in [9.17, 15) is 8.42 Å². The number of nitrogen functional groups attached to an aromatic ring is 1. The quantitative estimate of drug-likeness (QED) is 0.834. The van der Waals surface area contributed by atoms with E-state index in [2.05, 4.69) is 9.71 Å². The molecule has 0 spiro atoms. The molecular formula is C13H13Cl2N3O2S. The average molecular weight is 346 g/mol. The molecule has 0 saturated heterocycles. The number of sulfonamides is 1. The molecule has 112 valence electrons. The summed E-state index contributed by atoms with van der Waals surface area (Å²) in [6.07, 6.45) is 3.18. The molecule has 8 heteroatoms. The summed E-state index contributed by atoms with van der Waals surface area (Å²) in [6, 6.07) is 5.73. The van der Waals surface area contributed by atoms with E-state index in [-0.39, 0.29) is 20.6 Å². The van der Waals surface area contributed by atoms with E-state index < -0.39 is 16.1 Å². The fourth-order valence-electron chi connectivity index (χ4n) is 1.77. The Morgan fingerprint density at radius 1 is 1.19 bits per heavy atom. The fourth-order valence-corrected chi connectivity index (χ4v) is 3.77. The second-order valence-electron chi connectivity index (χ2n) is 4.40. The molecule has 2 aromatic rings. The molecule has 0 saturated carbocycles. The molecular weight excluding hydrogens is 333 g/mol. The maximum Gasteiger partial charge on any atom is 0.242 e. The van der Waals surface area contributed by atoms with Gasteiger partial charge in [0, 0.05) is 18.4 Å². The van der Waals surface area contributed by atoms with Crippen LogP contribution in [0.25, 0.3) is 0 Å². The van der Waals surface area contributed by atoms with Gasteiger partial charge in [0.05, 0.1) is 15.7 Å². The van der Waals surface area contributed by atoms with Crippen molar-refractivity contribution in [2.24, 2.45) is 0 Å². The van der Waals surface area contributed by atoms with E-state index in [0.29, 0.717) is 0 Å². The minimum absolute atomic E-state index is 0.0396. The maximum atomic E-state index is 12.4. The number of anilines is 1. The van der Waals surface area contributed by atoms with Gasteiger partial charge in [0.2, 0.25) is 10.0 Å². The van der Waals surface area contributed by atoms with Crippen LogP contribution >= 0.6 is 23.2 Å². The normalized spacial score (nSPS) is 13.1. The van der Waals surface area contributed by atoms with Crippen molar-refractivity contribution in [2.45, 2.75) is 17.9 Å². The van der Waals surface area contributed by atoms with Gasteiger partial charge in [0.25, 0.3) is 0 Å². The van der Waals surface area contributed by atoms with E-state index in [4.69, 9.17) is 28.9 Å². The first-order valence-electron chi connectivity index (χ1n) is 5.98. The van der Waals surface area contributed by atoms with Crippen molar-refractivity contribution >= 4 is 38.9 Å². The summed E-state index contributed by atoms with van der Waals surface area (Å²) in [5.41, 5.74) is 6.48. The maximum absolute atomic E-state index is 12.4. The Hall–Kier alpha value is -1.34. The molecule has 0 aliphatic carbocycles. The number of hydrogen-bond donors (Lipinski definition) is 2. The lowest BCUT2D eigenvalue weighted by Gasteiger charge is -2.16. The summed E-state index contributed by atoms with van der Waals surface area (Å²) in [7, 11) is -3.82. The highest BCUT2D eigenvalue weighted by Crippen LogP contribution is 2.33. The van der Waals surface area contributed by atoms with Gasteiger partial charge < -0.3 is 5.73 Å². The lowest BCUT2D eigenvalue weighted by molar-refractivity contribution is 0.567. The number of nitrogens with two attached hydrogens (primary N) is 1. The Morgan fingerprint density at radius 3 is 2.43 bits per heavy atom. The summed E-state index contributed by atoms with van der Waals surface area (Å²) in [6.45, 7) is 1.72. The number of hydrogen-bond acceptors (Lipinski definition) is 4. The first-order valence-corrected chi connectivity index (χ1v) is 8.22. The Labute approximate surface area is 133 Å². The second-order valence-corrected chi connectivity index (χ2v) is 6.86. The van der Waals surface area contributed by atoms with Crippen LogP contribution < -0.4 is 10.5 Å². The zero-order chi connectivity index (χ0) is 15.6. The zero-order valence-corrected chi connectivity index (χ0v) is 13.4. The predicted molar refractivity (Wildman–Crippen MR) is 83.8 cm³/mol. The Balaban J connectivity index is 2.33. The highest BCUT2D eigenvalue weighted by atomic mass is 35.5. The number of nitrogens with zero attached hydrogens (tertiary/aromatic N) is 1. The van der Waals surface area contributed by atoms with Gasteiger partial charge >= 0.3 is 0 Å². The Kier molecular flexibility index (Phi) is 4.73. The average Bonchev–Trinajstić information content (AvgIpc) is 2.45. The molecule has 21 heavy (non-hydrogen) atoms. The molecule has 0 aliphatic rings. The topological polar surface area (TPSA) is 85.1 Å². The summed E-state index contributed by atoms with van der Waals surface area (Å²) in [4.78, 5) is 3.78. The number of benzene rings is 1. The summed E-state index contributed by atoms with van der Waals surface area (Å²) in [5.74, 6) is 0. The molecule has 0 fully saturated rings. The molecule has 1 aromatic carbocycles. The monoisotopic (exact) mass is 345 g/mol. The van der Waals surface area contributed by atoms with Crippen molar-refractivity contribution in [1.82, 2.24) is 9.71 Å². The summed E-state index contributed by atoms with van der Waals surface area (Å²) >= 11 is 11.8. The van der Waals surface area contributed by atoms with Crippen LogP contribution in [0.5, 0.6) is 0 Å². The van der Waals surface area contributed by atoms with Crippen LogP contribution in [0.15, 0.2) is 41.6 Å². The van der Waals surface area contributed by atoms with E-state index in [1.54, 1.807) is 31.5 Å². The second kappa shape index (κ2) is 6.19. The number of halogens is 2. The molecule has 1 unspecified atom stereocenters. The molecule has 0 aliphatic heterocycles. The Morgan fingerprint density at radius 2 is 1.81 bits per heavy atom. The predicted octanol–water partition coefficient (Wildman–Crippen LogP) is 3.01. The van der Waals surface area contributed by atoms with Crippen LogP contribution in [0.1, 0.15) is 18.5 Å². The van der Waals surface area contributed by atoms with Crippen molar-refractivity contribution in [3.8, 4) is 0 Å². The molecule has 5 nitrogen and oxygen atoms in total. The molecule has 2 rings (SSSR count). The lowest BCUT2D eigenvalue weighted by atomic mass is 10.1. The van der Waals surface area contributed by atoms with Crippen molar-refractivity contribution in [1.29, 1.82) is 0 Å². The first kappa shape index (κ1) is 16.0. The molecule has 0 amide bonds. The lowest BCUT2D eigenvalue weighted by Crippen LogP contribution is -2.27. The number of pyridine rings is 1.